The molecule has 1 aromatic rings. The lowest BCUT2D eigenvalue weighted by Crippen LogP contribution is -2.18. The highest BCUT2D eigenvalue weighted by molar-refractivity contribution is 9.10. The van der Waals surface area contributed by atoms with Crippen LogP contribution in [0.25, 0.3) is 0 Å². The van der Waals surface area contributed by atoms with Crippen LogP contribution >= 0.6 is 15.9 Å². The fourth-order valence-corrected chi connectivity index (χ4v) is 2.55. The SMILES string of the molecule is CCC(C)Oc1c(C)cc(Br)cc1CNC1CC1. The van der Waals surface area contributed by atoms with E-state index in [4.69, 9.17) is 4.74 Å². The first-order chi connectivity index (χ1) is 8.60. The van der Waals surface area contributed by atoms with Crippen LogP contribution < -0.4 is 10.1 Å². The Balaban J connectivity index is 2.16. The van der Waals surface area contributed by atoms with Gasteiger partial charge in [0.1, 0.15) is 5.75 Å². The molecule has 1 aliphatic rings. The van der Waals surface area contributed by atoms with E-state index in [0.717, 1.165) is 29.2 Å². The van der Waals surface area contributed by atoms with Crippen LogP contribution in [0.1, 0.15) is 44.2 Å². The molecule has 100 valence electrons. The first kappa shape index (κ1) is 13.9. The van der Waals surface area contributed by atoms with Gasteiger partial charge in [0.05, 0.1) is 6.10 Å². The molecule has 0 amide bonds. The van der Waals surface area contributed by atoms with Crippen molar-refractivity contribution in [1.82, 2.24) is 5.32 Å². The van der Waals surface area contributed by atoms with Crippen molar-refractivity contribution in [1.29, 1.82) is 0 Å². The van der Waals surface area contributed by atoms with Crippen LogP contribution in [0.2, 0.25) is 0 Å². The van der Waals surface area contributed by atoms with E-state index in [1.54, 1.807) is 0 Å². The predicted molar refractivity (Wildman–Crippen MR) is 79.1 cm³/mol. The van der Waals surface area contributed by atoms with E-state index in [2.05, 4.69) is 54.2 Å². The van der Waals surface area contributed by atoms with E-state index in [-0.39, 0.29) is 6.10 Å². The highest BCUT2D eigenvalue weighted by Crippen LogP contribution is 2.30. The molecule has 0 radical (unpaired) electrons. The highest BCUT2D eigenvalue weighted by atomic mass is 79.9. The Morgan fingerprint density at radius 1 is 1.44 bits per heavy atom. The largest absolute Gasteiger partial charge is 0.490 e. The number of aryl methyl sites for hydroxylation is 1. The van der Waals surface area contributed by atoms with Gasteiger partial charge in [0.15, 0.2) is 0 Å². The molecule has 0 spiro atoms. The van der Waals surface area contributed by atoms with Gasteiger partial charge in [-0.25, -0.2) is 0 Å². The van der Waals surface area contributed by atoms with Crippen molar-refractivity contribution < 1.29 is 4.74 Å². The molecule has 0 bridgehead atoms. The molecule has 3 heteroatoms. The highest BCUT2D eigenvalue weighted by Gasteiger charge is 2.21. The summed E-state index contributed by atoms with van der Waals surface area (Å²) >= 11 is 3.57. The standard InChI is InChI=1S/C15H22BrNO/c1-4-11(3)18-15-10(2)7-13(16)8-12(15)9-17-14-5-6-14/h7-8,11,14,17H,4-6,9H2,1-3H3. The van der Waals surface area contributed by atoms with Crippen LogP contribution in [0.3, 0.4) is 0 Å². The number of halogens is 1. The minimum absolute atomic E-state index is 0.268. The van der Waals surface area contributed by atoms with Crippen molar-refractivity contribution in [3.63, 3.8) is 0 Å². The zero-order valence-corrected chi connectivity index (χ0v) is 13.0. The van der Waals surface area contributed by atoms with Crippen molar-refractivity contribution in [2.24, 2.45) is 0 Å². The van der Waals surface area contributed by atoms with Gasteiger partial charge in [-0.1, -0.05) is 22.9 Å². The van der Waals surface area contributed by atoms with E-state index in [0.29, 0.717) is 0 Å². The lowest BCUT2D eigenvalue weighted by Gasteiger charge is -2.19. The molecule has 0 saturated heterocycles. The maximum Gasteiger partial charge on any atom is 0.127 e. The molecule has 18 heavy (non-hydrogen) atoms. The molecule has 0 aliphatic heterocycles. The van der Waals surface area contributed by atoms with Gasteiger partial charge in [-0.15, -0.1) is 0 Å². The second kappa shape index (κ2) is 6.07. The molecular weight excluding hydrogens is 290 g/mol. The summed E-state index contributed by atoms with van der Waals surface area (Å²) in [6.45, 7) is 7.29. The van der Waals surface area contributed by atoms with Gasteiger partial charge >= 0.3 is 0 Å². The molecule has 0 aromatic heterocycles. The number of hydrogen-bond donors (Lipinski definition) is 1. The number of rotatable bonds is 6. The Hall–Kier alpha value is -0.540. The van der Waals surface area contributed by atoms with Crippen molar-refractivity contribution in [3.05, 3.63) is 27.7 Å². The van der Waals surface area contributed by atoms with E-state index in [1.165, 1.54) is 24.0 Å². The predicted octanol–water partition coefficient (Wildman–Crippen LogP) is 4.19. The van der Waals surface area contributed by atoms with Gasteiger partial charge in [0.25, 0.3) is 0 Å². The second-order valence-electron chi connectivity index (χ2n) is 5.20. The minimum atomic E-state index is 0.268. The molecule has 1 saturated carbocycles. The number of nitrogens with one attached hydrogen (secondary N) is 1. The summed E-state index contributed by atoms with van der Waals surface area (Å²) in [7, 11) is 0. The molecule has 0 heterocycles. The molecule has 1 aliphatic carbocycles. The fourth-order valence-electron chi connectivity index (χ4n) is 1.93. The van der Waals surface area contributed by atoms with Gasteiger partial charge in [-0.3, -0.25) is 0 Å². The molecule has 1 aromatic carbocycles. The summed E-state index contributed by atoms with van der Waals surface area (Å²) < 4.78 is 7.20. The van der Waals surface area contributed by atoms with Crippen molar-refractivity contribution in [2.75, 3.05) is 0 Å². The van der Waals surface area contributed by atoms with Crippen LogP contribution in [0.5, 0.6) is 5.75 Å². The number of hydrogen-bond acceptors (Lipinski definition) is 2. The summed E-state index contributed by atoms with van der Waals surface area (Å²) in [6, 6.07) is 5.01. The molecule has 1 N–H and O–H groups in total. The average molecular weight is 312 g/mol. The smallest absolute Gasteiger partial charge is 0.127 e. The van der Waals surface area contributed by atoms with Crippen molar-refractivity contribution >= 4 is 15.9 Å². The third kappa shape index (κ3) is 3.72. The monoisotopic (exact) mass is 311 g/mol. The van der Waals surface area contributed by atoms with Crippen LogP contribution in [-0.2, 0) is 6.54 Å². The van der Waals surface area contributed by atoms with E-state index in [9.17, 15) is 0 Å². The Morgan fingerprint density at radius 2 is 2.17 bits per heavy atom. The quantitative estimate of drug-likeness (QED) is 0.850. The summed E-state index contributed by atoms with van der Waals surface area (Å²) in [5.74, 6) is 1.06. The molecule has 1 fully saturated rings. The second-order valence-corrected chi connectivity index (χ2v) is 6.12. The summed E-state index contributed by atoms with van der Waals surface area (Å²) in [4.78, 5) is 0. The number of ether oxygens (including phenoxy) is 1. The Bertz CT molecular complexity index is 415. The third-order valence-corrected chi connectivity index (χ3v) is 3.83. The Morgan fingerprint density at radius 3 is 2.78 bits per heavy atom. The lowest BCUT2D eigenvalue weighted by molar-refractivity contribution is 0.213. The zero-order valence-electron chi connectivity index (χ0n) is 11.4. The summed E-state index contributed by atoms with van der Waals surface area (Å²) in [5.41, 5.74) is 2.46. The van der Waals surface area contributed by atoms with Gasteiger partial charge < -0.3 is 10.1 Å². The van der Waals surface area contributed by atoms with Gasteiger partial charge in [0.2, 0.25) is 0 Å². The van der Waals surface area contributed by atoms with Crippen LogP contribution in [0.4, 0.5) is 0 Å². The van der Waals surface area contributed by atoms with E-state index >= 15 is 0 Å². The third-order valence-electron chi connectivity index (χ3n) is 3.37. The maximum atomic E-state index is 6.07. The average Bonchev–Trinajstić information content (AvgIpc) is 3.13. The molecule has 2 rings (SSSR count). The zero-order chi connectivity index (χ0) is 13.1. The van der Waals surface area contributed by atoms with E-state index in [1.807, 2.05) is 0 Å². The Labute approximate surface area is 118 Å². The maximum absolute atomic E-state index is 6.07. The normalized spacial score (nSPS) is 16.7. The first-order valence-electron chi connectivity index (χ1n) is 6.79. The van der Waals surface area contributed by atoms with Gasteiger partial charge in [-0.05, 0) is 50.8 Å². The molecule has 2 nitrogen and oxygen atoms in total. The molecular formula is C15H22BrNO. The summed E-state index contributed by atoms with van der Waals surface area (Å²) in [6.07, 6.45) is 3.93. The fraction of sp³-hybridized carbons (Fsp3) is 0.600. The minimum Gasteiger partial charge on any atom is -0.490 e. The van der Waals surface area contributed by atoms with Crippen LogP contribution in [0, 0.1) is 6.92 Å². The lowest BCUT2D eigenvalue weighted by atomic mass is 10.1. The molecule has 1 unspecified atom stereocenters. The summed E-state index contributed by atoms with van der Waals surface area (Å²) in [5, 5.41) is 3.56. The first-order valence-corrected chi connectivity index (χ1v) is 7.58. The van der Waals surface area contributed by atoms with Gasteiger partial charge in [0, 0.05) is 22.6 Å². The van der Waals surface area contributed by atoms with Crippen LogP contribution in [0.15, 0.2) is 16.6 Å². The van der Waals surface area contributed by atoms with Crippen LogP contribution in [-0.4, -0.2) is 12.1 Å². The number of benzene rings is 1. The van der Waals surface area contributed by atoms with E-state index < -0.39 is 0 Å². The Kier molecular flexibility index (Phi) is 4.68. The molecule has 1 atom stereocenters. The van der Waals surface area contributed by atoms with Gasteiger partial charge in [-0.2, -0.15) is 0 Å². The topological polar surface area (TPSA) is 21.3 Å². The van der Waals surface area contributed by atoms with Crippen molar-refractivity contribution in [3.8, 4) is 5.75 Å². The van der Waals surface area contributed by atoms with Crippen molar-refractivity contribution in [2.45, 2.75) is 58.7 Å².